The minimum absolute atomic E-state index is 0.00329. The number of fused-ring (bicyclic) bond motifs is 4. The van der Waals surface area contributed by atoms with Gasteiger partial charge in [0.1, 0.15) is 0 Å². The van der Waals surface area contributed by atoms with E-state index in [4.69, 9.17) is 19.4 Å². The van der Waals surface area contributed by atoms with Gasteiger partial charge in [-0.05, 0) is 31.5 Å². The molecular weight excluding hydrogens is 368 g/mol. The number of rotatable bonds is 6. The predicted octanol–water partition coefficient (Wildman–Crippen LogP) is 3.80. The van der Waals surface area contributed by atoms with E-state index >= 15 is 0 Å². The van der Waals surface area contributed by atoms with Crippen LogP contribution in [0.4, 0.5) is 0 Å². The summed E-state index contributed by atoms with van der Waals surface area (Å²) in [6, 6.07) is 15.3. The molecule has 6 nitrogen and oxygen atoms in total. The second-order valence-corrected chi connectivity index (χ2v) is 7.00. The predicted molar refractivity (Wildman–Crippen MR) is 108 cm³/mol. The number of carbonyl (C=O) groups excluding carboxylic acids is 2. The van der Waals surface area contributed by atoms with Crippen LogP contribution >= 0.6 is 0 Å². The Kier molecular flexibility index (Phi) is 5.01. The van der Waals surface area contributed by atoms with Gasteiger partial charge in [0.25, 0.3) is 0 Å². The van der Waals surface area contributed by atoms with Crippen molar-refractivity contribution in [3.63, 3.8) is 0 Å². The van der Waals surface area contributed by atoms with Crippen LogP contribution in [0, 0.1) is 0 Å². The van der Waals surface area contributed by atoms with Crippen LogP contribution in [0.25, 0.3) is 22.3 Å². The maximum Gasteiger partial charge on any atom is 0.307 e. The molecule has 6 heteroatoms. The van der Waals surface area contributed by atoms with Gasteiger partial charge in [0.2, 0.25) is 0 Å². The van der Waals surface area contributed by atoms with Crippen LogP contribution in [-0.2, 0) is 24.5 Å². The van der Waals surface area contributed by atoms with Gasteiger partial charge in [0.15, 0.2) is 0 Å². The molecule has 0 atom stereocenters. The smallest absolute Gasteiger partial charge is 0.307 e. The Balaban J connectivity index is 1.97. The summed E-state index contributed by atoms with van der Waals surface area (Å²) in [4.78, 5) is 34.9. The molecule has 0 amide bonds. The molecule has 0 spiro atoms. The van der Waals surface area contributed by atoms with Crippen molar-refractivity contribution >= 4 is 23.0 Å². The zero-order chi connectivity index (χ0) is 20.4. The van der Waals surface area contributed by atoms with Gasteiger partial charge in [-0.25, -0.2) is 9.97 Å². The van der Waals surface area contributed by atoms with E-state index in [0.29, 0.717) is 11.4 Å². The van der Waals surface area contributed by atoms with Crippen LogP contribution in [-0.4, -0.2) is 35.1 Å². The van der Waals surface area contributed by atoms with Gasteiger partial charge in [-0.3, -0.25) is 9.59 Å². The van der Waals surface area contributed by atoms with Crippen molar-refractivity contribution in [2.45, 2.75) is 32.1 Å². The highest BCUT2D eigenvalue weighted by Gasteiger charge is 2.49. The van der Waals surface area contributed by atoms with E-state index in [1.807, 2.05) is 48.5 Å². The maximum absolute atomic E-state index is 12.6. The third-order valence-electron chi connectivity index (χ3n) is 5.22. The number of ether oxygens (including phenoxy) is 2. The van der Waals surface area contributed by atoms with Crippen molar-refractivity contribution in [2.75, 3.05) is 13.2 Å². The third kappa shape index (κ3) is 3.24. The maximum atomic E-state index is 12.6. The lowest BCUT2D eigenvalue weighted by molar-refractivity contribution is -0.147. The topological polar surface area (TPSA) is 78.4 Å². The molecule has 0 aliphatic heterocycles. The molecule has 1 heterocycles. The van der Waals surface area contributed by atoms with Crippen LogP contribution in [0.1, 0.15) is 37.9 Å². The van der Waals surface area contributed by atoms with Crippen LogP contribution in [0.5, 0.6) is 0 Å². The lowest BCUT2D eigenvalue weighted by atomic mass is 9.75. The molecule has 4 rings (SSSR count). The van der Waals surface area contributed by atoms with Crippen LogP contribution < -0.4 is 0 Å². The summed E-state index contributed by atoms with van der Waals surface area (Å²) in [6.07, 6.45) is -0.00657. The van der Waals surface area contributed by atoms with Crippen molar-refractivity contribution in [3.05, 3.63) is 59.8 Å². The number of hydrogen-bond donors (Lipinski definition) is 0. The van der Waals surface area contributed by atoms with Gasteiger partial charge >= 0.3 is 11.9 Å². The minimum Gasteiger partial charge on any atom is -0.466 e. The van der Waals surface area contributed by atoms with Crippen LogP contribution in [0.3, 0.4) is 0 Å². The average Bonchev–Trinajstić information content (AvgIpc) is 2.96. The van der Waals surface area contributed by atoms with Gasteiger partial charge in [-0.15, -0.1) is 0 Å². The highest BCUT2D eigenvalue weighted by Crippen LogP contribution is 2.51. The lowest BCUT2D eigenvalue weighted by Crippen LogP contribution is -2.34. The molecule has 0 bridgehead atoms. The molecule has 29 heavy (non-hydrogen) atoms. The summed E-state index contributed by atoms with van der Waals surface area (Å²) in [5.41, 5.74) is 3.58. The highest BCUT2D eigenvalue weighted by molar-refractivity contribution is 5.88. The van der Waals surface area contributed by atoms with Crippen molar-refractivity contribution in [1.29, 1.82) is 0 Å². The number of benzene rings is 2. The summed E-state index contributed by atoms with van der Waals surface area (Å²) < 4.78 is 10.5. The number of aromatic nitrogens is 2. The molecule has 1 aromatic heterocycles. The lowest BCUT2D eigenvalue weighted by Gasteiger charge is -2.29. The first-order valence-electron chi connectivity index (χ1n) is 9.77. The van der Waals surface area contributed by atoms with Crippen molar-refractivity contribution in [2.24, 2.45) is 0 Å². The molecule has 1 aliphatic rings. The molecule has 2 aromatic carbocycles. The molecule has 0 unspecified atom stereocenters. The van der Waals surface area contributed by atoms with E-state index in [0.717, 1.165) is 22.2 Å². The number of hydrogen-bond acceptors (Lipinski definition) is 6. The summed E-state index contributed by atoms with van der Waals surface area (Å²) in [7, 11) is 0. The molecule has 148 valence electrons. The van der Waals surface area contributed by atoms with E-state index in [1.165, 1.54) is 0 Å². The largest absolute Gasteiger partial charge is 0.466 e. The fourth-order valence-electron chi connectivity index (χ4n) is 4.09. The summed E-state index contributed by atoms with van der Waals surface area (Å²) in [5.74, 6) is -0.760. The van der Waals surface area contributed by atoms with Gasteiger partial charge in [-0.1, -0.05) is 36.4 Å². The average molecular weight is 390 g/mol. The van der Waals surface area contributed by atoms with Gasteiger partial charge in [0.05, 0.1) is 53.9 Å². The SMILES string of the molecule is CCOC(=O)CC1(CC(=O)OCC)c2ccccc2-c2nc3ccccc3nc21. The first kappa shape index (κ1) is 19.1. The van der Waals surface area contributed by atoms with E-state index < -0.39 is 5.41 Å². The second kappa shape index (κ2) is 7.62. The van der Waals surface area contributed by atoms with Gasteiger partial charge in [-0.2, -0.15) is 0 Å². The Labute approximate surface area is 168 Å². The van der Waals surface area contributed by atoms with E-state index in [9.17, 15) is 9.59 Å². The standard InChI is InChI=1S/C23H22N2O4/c1-3-28-19(26)13-23(14-20(27)29-4-2)16-10-6-5-9-15(16)21-22(23)25-18-12-8-7-11-17(18)24-21/h5-12H,3-4,13-14H2,1-2H3. The van der Waals surface area contributed by atoms with Gasteiger partial charge < -0.3 is 9.47 Å². The molecule has 0 saturated carbocycles. The second-order valence-electron chi connectivity index (χ2n) is 7.00. The number of nitrogens with zero attached hydrogens (tertiary/aromatic N) is 2. The number of para-hydroxylation sites is 2. The first-order valence-corrected chi connectivity index (χ1v) is 9.77. The zero-order valence-electron chi connectivity index (χ0n) is 16.5. The van der Waals surface area contributed by atoms with E-state index in [2.05, 4.69) is 0 Å². The van der Waals surface area contributed by atoms with E-state index in [1.54, 1.807) is 13.8 Å². The Morgan fingerprint density at radius 1 is 0.828 bits per heavy atom. The fraction of sp³-hybridized carbons (Fsp3) is 0.304. The van der Waals surface area contributed by atoms with Crippen molar-refractivity contribution in [1.82, 2.24) is 9.97 Å². The molecule has 1 aliphatic carbocycles. The van der Waals surface area contributed by atoms with E-state index in [-0.39, 0.29) is 38.0 Å². The normalized spacial score (nSPS) is 13.6. The third-order valence-corrected chi connectivity index (χ3v) is 5.22. The molecule has 3 aromatic rings. The Morgan fingerprint density at radius 2 is 1.38 bits per heavy atom. The quantitative estimate of drug-likeness (QED) is 0.596. The summed E-state index contributed by atoms with van der Waals surface area (Å²) in [5, 5.41) is 0. The molecule has 0 fully saturated rings. The monoisotopic (exact) mass is 390 g/mol. The molecular formula is C23H22N2O4. The molecule has 0 radical (unpaired) electrons. The molecule has 0 saturated heterocycles. The Morgan fingerprint density at radius 3 is 2.00 bits per heavy atom. The Hall–Kier alpha value is -3.28. The van der Waals surface area contributed by atoms with Crippen molar-refractivity contribution in [3.8, 4) is 11.3 Å². The van der Waals surface area contributed by atoms with Crippen LogP contribution in [0.15, 0.2) is 48.5 Å². The number of esters is 2. The highest BCUT2D eigenvalue weighted by atomic mass is 16.5. The first-order chi connectivity index (χ1) is 14.1. The minimum atomic E-state index is -0.971. The van der Waals surface area contributed by atoms with Crippen LogP contribution in [0.2, 0.25) is 0 Å². The van der Waals surface area contributed by atoms with Gasteiger partial charge in [0, 0.05) is 5.56 Å². The Bertz CT molecular complexity index is 1070. The molecule has 0 N–H and O–H groups in total. The van der Waals surface area contributed by atoms with Crippen molar-refractivity contribution < 1.29 is 19.1 Å². The number of carbonyl (C=O) groups is 2. The zero-order valence-corrected chi connectivity index (χ0v) is 16.5. The summed E-state index contributed by atoms with van der Waals surface area (Å²) in [6.45, 7) is 4.07. The fourth-order valence-corrected chi connectivity index (χ4v) is 4.09. The summed E-state index contributed by atoms with van der Waals surface area (Å²) >= 11 is 0.